The third-order valence-corrected chi connectivity index (χ3v) is 1.29. The van der Waals surface area contributed by atoms with Crippen molar-refractivity contribution < 1.29 is 14.3 Å². The van der Waals surface area contributed by atoms with Crippen LogP contribution in [0.4, 0.5) is 0 Å². The van der Waals surface area contributed by atoms with Crippen LogP contribution in [-0.4, -0.2) is 37.5 Å². The zero-order valence-corrected chi connectivity index (χ0v) is 7.69. The van der Waals surface area contributed by atoms with Gasteiger partial charge in [0.05, 0.1) is 25.3 Å². The third-order valence-electron chi connectivity index (χ3n) is 1.29. The summed E-state index contributed by atoms with van der Waals surface area (Å²) in [5.74, 6) is 0. The van der Waals surface area contributed by atoms with Gasteiger partial charge in [-0.1, -0.05) is 0 Å². The smallest absolute Gasteiger partial charge is 0.235 e. The Morgan fingerprint density at radius 1 is 1.08 bits per heavy atom. The zero-order valence-electron chi connectivity index (χ0n) is 7.69. The van der Waals surface area contributed by atoms with Crippen LogP contribution in [0.15, 0.2) is 9.98 Å². The fourth-order valence-electron chi connectivity index (χ4n) is 0.814. The van der Waals surface area contributed by atoms with Gasteiger partial charge in [0, 0.05) is 0 Å². The van der Waals surface area contributed by atoms with Crippen LogP contribution in [0.2, 0.25) is 0 Å². The maximum Gasteiger partial charge on any atom is 0.235 e. The van der Waals surface area contributed by atoms with E-state index in [0.29, 0.717) is 0 Å². The number of hydrogen-bond donors (Lipinski definition) is 0. The summed E-state index contributed by atoms with van der Waals surface area (Å²) >= 11 is 0. The summed E-state index contributed by atoms with van der Waals surface area (Å²) in [6.07, 6.45) is 2.51. The minimum atomic E-state index is -0.168. The van der Waals surface area contributed by atoms with Crippen molar-refractivity contribution in [3.63, 3.8) is 0 Å². The maximum absolute atomic E-state index is 9.75. The average Bonchev–Trinajstić information content (AvgIpc) is 2.11. The Kier molecular flexibility index (Phi) is 6.65. The molecular weight excluding hydrogens is 172 g/mol. The second-order valence-corrected chi connectivity index (χ2v) is 2.62. The first-order valence-corrected chi connectivity index (χ1v) is 3.93. The normalized spacial score (nSPS) is 13.7. The van der Waals surface area contributed by atoms with Crippen LogP contribution >= 0.6 is 0 Å². The van der Waals surface area contributed by atoms with E-state index in [0.717, 1.165) is 0 Å². The van der Waals surface area contributed by atoms with Gasteiger partial charge in [-0.3, -0.25) is 0 Å². The lowest BCUT2D eigenvalue weighted by atomic mass is 10.3. The molecule has 0 fully saturated rings. The van der Waals surface area contributed by atoms with E-state index in [1.165, 1.54) is 12.2 Å². The maximum atomic E-state index is 9.75. The summed E-state index contributed by atoms with van der Waals surface area (Å²) in [4.78, 5) is 26.2. The largest absolute Gasteiger partial charge is 0.372 e. The van der Waals surface area contributed by atoms with Crippen LogP contribution in [-0.2, 0) is 14.3 Å². The molecule has 72 valence electrons. The summed E-state index contributed by atoms with van der Waals surface area (Å²) in [5.41, 5.74) is 0. The molecule has 0 heterocycles. The molecule has 0 amide bonds. The Morgan fingerprint density at radius 2 is 1.46 bits per heavy atom. The van der Waals surface area contributed by atoms with Crippen molar-refractivity contribution in [2.45, 2.75) is 26.1 Å². The monoisotopic (exact) mass is 184 g/mol. The van der Waals surface area contributed by atoms with Gasteiger partial charge in [-0.15, -0.1) is 0 Å². The second kappa shape index (κ2) is 7.37. The summed E-state index contributed by atoms with van der Waals surface area (Å²) in [6, 6.07) is 0. The molecule has 0 saturated heterocycles. The average molecular weight is 184 g/mol. The molecule has 5 nitrogen and oxygen atoms in total. The molecule has 0 aromatic heterocycles. The molecule has 0 aromatic carbocycles. The van der Waals surface area contributed by atoms with E-state index in [2.05, 4.69) is 9.98 Å². The SMILES string of the molecule is CC(CN=C=O)OC(C)CN=C=O. The predicted octanol–water partition coefficient (Wildman–Crippen LogP) is 0.452. The van der Waals surface area contributed by atoms with Gasteiger partial charge in [0.15, 0.2) is 0 Å². The topological polar surface area (TPSA) is 68.1 Å². The number of aliphatic imine (C=N–C) groups is 2. The fraction of sp³-hybridized carbons (Fsp3) is 0.750. The Balaban J connectivity index is 3.69. The van der Waals surface area contributed by atoms with E-state index in [4.69, 9.17) is 4.74 Å². The molecule has 0 rings (SSSR count). The molecule has 0 N–H and O–H groups in total. The molecule has 13 heavy (non-hydrogen) atoms. The first-order chi connectivity index (χ1) is 6.20. The van der Waals surface area contributed by atoms with Gasteiger partial charge in [-0.2, -0.15) is 0 Å². The van der Waals surface area contributed by atoms with Crippen LogP contribution in [0.25, 0.3) is 0 Å². The van der Waals surface area contributed by atoms with Gasteiger partial charge in [0.1, 0.15) is 0 Å². The molecule has 0 aliphatic carbocycles. The van der Waals surface area contributed by atoms with Gasteiger partial charge in [-0.25, -0.2) is 19.6 Å². The van der Waals surface area contributed by atoms with Crippen LogP contribution in [0.1, 0.15) is 13.8 Å². The lowest BCUT2D eigenvalue weighted by molar-refractivity contribution is 0.0194. The molecule has 0 radical (unpaired) electrons. The molecule has 0 bridgehead atoms. The number of isocyanates is 2. The van der Waals surface area contributed by atoms with Gasteiger partial charge in [0.2, 0.25) is 12.2 Å². The number of ether oxygens (including phenoxy) is 1. The molecule has 2 atom stereocenters. The van der Waals surface area contributed by atoms with Crippen molar-refractivity contribution >= 4 is 12.2 Å². The van der Waals surface area contributed by atoms with E-state index >= 15 is 0 Å². The van der Waals surface area contributed by atoms with Crippen molar-refractivity contribution in [3.8, 4) is 0 Å². The van der Waals surface area contributed by atoms with Crippen molar-refractivity contribution in [2.75, 3.05) is 13.1 Å². The third kappa shape index (κ3) is 7.09. The molecule has 0 aliphatic rings. The Labute approximate surface area is 76.5 Å². The van der Waals surface area contributed by atoms with Crippen molar-refractivity contribution in [3.05, 3.63) is 0 Å². The van der Waals surface area contributed by atoms with Gasteiger partial charge < -0.3 is 4.74 Å². The van der Waals surface area contributed by atoms with E-state index in [1.54, 1.807) is 13.8 Å². The predicted molar refractivity (Wildman–Crippen MR) is 46.0 cm³/mol. The molecule has 2 unspecified atom stereocenters. The van der Waals surface area contributed by atoms with Crippen molar-refractivity contribution in [1.82, 2.24) is 0 Å². The lowest BCUT2D eigenvalue weighted by Gasteiger charge is -2.14. The minimum Gasteiger partial charge on any atom is -0.372 e. The molecule has 0 aromatic rings. The van der Waals surface area contributed by atoms with Crippen molar-refractivity contribution in [2.24, 2.45) is 9.98 Å². The van der Waals surface area contributed by atoms with Crippen LogP contribution in [0.3, 0.4) is 0 Å². The van der Waals surface area contributed by atoms with Crippen molar-refractivity contribution in [1.29, 1.82) is 0 Å². The fourth-order valence-corrected chi connectivity index (χ4v) is 0.814. The van der Waals surface area contributed by atoms with Gasteiger partial charge in [0.25, 0.3) is 0 Å². The second-order valence-electron chi connectivity index (χ2n) is 2.62. The van der Waals surface area contributed by atoms with E-state index in [-0.39, 0.29) is 25.3 Å². The number of nitrogens with zero attached hydrogens (tertiary/aromatic N) is 2. The molecule has 0 saturated carbocycles. The van der Waals surface area contributed by atoms with E-state index in [9.17, 15) is 9.59 Å². The van der Waals surface area contributed by atoms with Gasteiger partial charge in [-0.05, 0) is 13.8 Å². The summed E-state index contributed by atoms with van der Waals surface area (Å²) in [5, 5.41) is 0. The van der Waals surface area contributed by atoms with Crippen LogP contribution in [0, 0.1) is 0 Å². The number of carbonyl (C=O) groups excluding carboxylic acids is 2. The Hall–Kier alpha value is -1.28. The number of rotatable bonds is 6. The molecule has 0 spiro atoms. The quantitative estimate of drug-likeness (QED) is 0.444. The minimum absolute atomic E-state index is 0.168. The standard InChI is InChI=1S/C8H12N2O3/c1-7(3-9-5-11)13-8(2)4-10-6-12/h7-8H,3-4H2,1-2H3. The molecular formula is C8H12N2O3. The summed E-state index contributed by atoms with van der Waals surface area (Å²) in [7, 11) is 0. The van der Waals surface area contributed by atoms with E-state index < -0.39 is 0 Å². The van der Waals surface area contributed by atoms with Crippen LogP contribution in [0.5, 0.6) is 0 Å². The zero-order chi connectivity index (χ0) is 10.1. The highest BCUT2D eigenvalue weighted by molar-refractivity contribution is 5.33. The Bertz CT molecular complexity index is 206. The van der Waals surface area contributed by atoms with Gasteiger partial charge >= 0.3 is 0 Å². The van der Waals surface area contributed by atoms with Crippen LogP contribution < -0.4 is 0 Å². The highest BCUT2D eigenvalue weighted by Crippen LogP contribution is 1.98. The van der Waals surface area contributed by atoms with E-state index in [1.807, 2.05) is 0 Å². The molecule has 0 aliphatic heterocycles. The summed E-state index contributed by atoms with van der Waals surface area (Å²) < 4.78 is 5.31. The number of hydrogen-bond acceptors (Lipinski definition) is 5. The summed E-state index contributed by atoms with van der Waals surface area (Å²) in [6.45, 7) is 4.11. The highest BCUT2D eigenvalue weighted by Gasteiger charge is 2.06. The first-order valence-electron chi connectivity index (χ1n) is 3.93. The first kappa shape index (κ1) is 11.7. The lowest BCUT2D eigenvalue weighted by Crippen LogP contribution is -2.21. The highest BCUT2D eigenvalue weighted by atomic mass is 16.5. The Morgan fingerprint density at radius 3 is 1.77 bits per heavy atom. The molecule has 5 heteroatoms.